The zero-order valence-electron chi connectivity index (χ0n) is 16.7. The molecule has 152 valence electrons. The number of sulfonamides is 1. The predicted octanol–water partition coefficient (Wildman–Crippen LogP) is 3.47. The quantitative estimate of drug-likeness (QED) is 0.730. The number of benzene rings is 2. The minimum Gasteiger partial charge on any atom is -0.348 e. The third kappa shape index (κ3) is 5.87. The fourth-order valence-corrected chi connectivity index (χ4v) is 3.63. The van der Waals surface area contributed by atoms with E-state index in [1.54, 1.807) is 6.07 Å². The van der Waals surface area contributed by atoms with Gasteiger partial charge in [-0.15, -0.1) is 0 Å². The number of aryl methyl sites for hydroxylation is 2. The summed E-state index contributed by atoms with van der Waals surface area (Å²) in [5.74, 6) is -0.926. The van der Waals surface area contributed by atoms with Crippen molar-refractivity contribution in [2.24, 2.45) is 0 Å². The van der Waals surface area contributed by atoms with Crippen molar-refractivity contribution in [2.45, 2.75) is 39.8 Å². The number of nitrogens with one attached hydrogen (secondary N) is 1. The van der Waals surface area contributed by atoms with E-state index < -0.39 is 21.7 Å². The summed E-state index contributed by atoms with van der Waals surface area (Å²) in [5, 5.41) is 2.89. The van der Waals surface area contributed by atoms with Crippen LogP contribution >= 0.6 is 0 Å². The van der Waals surface area contributed by atoms with E-state index in [-0.39, 0.29) is 24.7 Å². The van der Waals surface area contributed by atoms with Gasteiger partial charge in [0.1, 0.15) is 5.82 Å². The minimum absolute atomic E-state index is 0.195. The first-order chi connectivity index (χ1) is 13.1. The lowest BCUT2D eigenvalue weighted by molar-refractivity contribution is -0.122. The zero-order valence-corrected chi connectivity index (χ0v) is 17.5. The number of nitrogens with zero attached hydrogens (tertiary/aromatic N) is 1. The number of rotatable bonds is 8. The molecule has 1 N–H and O–H groups in total. The Kier molecular flexibility index (Phi) is 7.32. The van der Waals surface area contributed by atoms with E-state index in [4.69, 9.17) is 0 Å². The smallest absolute Gasteiger partial charge is 0.235 e. The Bertz CT molecular complexity index is 944. The number of halogens is 1. The van der Waals surface area contributed by atoms with Crippen LogP contribution in [0.5, 0.6) is 0 Å². The Morgan fingerprint density at radius 1 is 1.14 bits per heavy atom. The van der Waals surface area contributed by atoms with Crippen LogP contribution in [-0.4, -0.2) is 31.4 Å². The van der Waals surface area contributed by atoms with Crippen LogP contribution in [0.4, 0.5) is 4.39 Å². The normalized spacial score (nSPS) is 12.8. The van der Waals surface area contributed by atoms with Crippen LogP contribution in [0, 0.1) is 19.7 Å². The van der Waals surface area contributed by atoms with Crippen LogP contribution in [0.3, 0.4) is 0 Å². The summed E-state index contributed by atoms with van der Waals surface area (Å²) in [6.45, 7) is 5.42. The highest BCUT2D eigenvalue weighted by atomic mass is 32.2. The number of hydrogen-bond donors (Lipinski definition) is 1. The van der Waals surface area contributed by atoms with Gasteiger partial charge in [-0.1, -0.05) is 43.3 Å². The first kappa shape index (κ1) is 22.0. The van der Waals surface area contributed by atoms with Crippen LogP contribution < -0.4 is 5.32 Å². The second-order valence-electron chi connectivity index (χ2n) is 6.99. The van der Waals surface area contributed by atoms with Crippen LogP contribution in [0.1, 0.15) is 41.6 Å². The maximum atomic E-state index is 13.9. The molecule has 7 heteroatoms. The van der Waals surface area contributed by atoms with Crippen molar-refractivity contribution in [3.05, 3.63) is 70.5 Å². The molecule has 1 atom stereocenters. The number of carbonyl (C=O) groups is 1. The Morgan fingerprint density at radius 3 is 2.39 bits per heavy atom. The molecule has 28 heavy (non-hydrogen) atoms. The molecule has 2 aromatic carbocycles. The summed E-state index contributed by atoms with van der Waals surface area (Å²) in [6.07, 6.45) is 1.68. The van der Waals surface area contributed by atoms with Crippen molar-refractivity contribution < 1.29 is 17.6 Å². The van der Waals surface area contributed by atoms with Gasteiger partial charge < -0.3 is 5.32 Å². The third-order valence-electron chi connectivity index (χ3n) is 4.77. The van der Waals surface area contributed by atoms with Gasteiger partial charge in [0, 0.05) is 12.1 Å². The van der Waals surface area contributed by atoms with E-state index in [2.05, 4.69) is 5.32 Å². The minimum atomic E-state index is -3.69. The molecule has 0 saturated heterocycles. The first-order valence-corrected chi connectivity index (χ1v) is 11.0. The molecule has 0 fully saturated rings. The molecule has 0 radical (unpaired) electrons. The zero-order chi connectivity index (χ0) is 20.9. The van der Waals surface area contributed by atoms with E-state index >= 15 is 0 Å². The Balaban J connectivity index is 2.14. The monoisotopic (exact) mass is 406 g/mol. The fourth-order valence-electron chi connectivity index (χ4n) is 2.91. The molecule has 0 unspecified atom stereocenters. The number of amides is 1. The summed E-state index contributed by atoms with van der Waals surface area (Å²) in [6, 6.07) is 11.7. The number of hydrogen-bond acceptors (Lipinski definition) is 3. The van der Waals surface area contributed by atoms with Crippen molar-refractivity contribution >= 4 is 15.9 Å². The van der Waals surface area contributed by atoms with Gasteiger partial charge in [-0.25, -0.2) is 12.8 Å². The molecule has 2 aromatic rings. The number of carbonyl (C=O) groups excluding carboxylic acids is 1. The summed E-state index contributed by atoms with van der Waals surface area (Å²) in [4.78, 5) is 12.6. The van der Waals surface area contributed by atoms with E-state index in [0.29, 0.717) is 6.42 Å². The standard InChI is InChI=1S/C21H27FN2O3S/c1-5-20(17-11-10-15(2)16(3)12-17)23-21(25)14-24(28(4,26)27)13-18-8-6-7-9-19(18)22/h6-12,20H,5,13-14H2,1-4H3,(H,23,25)/t20-/m1/s1. The third-order valence-corrected chi connectivity index (χ3v) is 5.97. The summed E-state index contributed by atoms with van der Waals surface area (Å²) in [7, 11) is -3.69. The van der Waals surface area contributed by atoms with E-state index in [9.17, 15) is 17.6 Å². The molecule has 0 aliphatic carbocycles. The molecular formula is C21H27FN2O3S. The van der Waals surface area contributed by atoms with Crippen LogP contribution in [-0.2, 0) is 21.4 Å². The summed E-state index contributed by atoms with van der Waals surface area (Å²) < 4.78 is 39.1. The Morgan fingerprint density at radius 2 is 1.82 bits per heavy atom. The van der Waals surface area contributed by atoms with E-state index in [0.717, 1.165) is 27.3 Å². The van der Waals surface area contributed by atoms with Gasteiger partial charge >= 0.3 is 0 Å². The van der Waals surface area contributed by atoms with Gasteiger partial charge in [0.2, 0.25) is 15.9 Å². The first-order valence-electron chi connectivity index (χ1n) is 9.16. The molecule has 1 amide bonds. The Hall–Kier alpha value is -2.25. The molecular weight excluding hydrogens is 379 g/mol. The maximum absolute atomic E-state index is 13.9. The van der Waals surface area contributed by atoms with Crippen LogP contribution in [0.2, 0.25) is 0 Å². The van der Waals surface area contributed by atoms with Gasteiger partial charge in [0.25, 0.3) is 0 Å². The molecule has 0 saturated carbocycles. The molecule has 0 bridgehead atoms. The second kappa shape index (κ2) is 9.30. The van der Waals surface area contributed by atoms with Gasteiger partial charge in [0.15, 0.2) is 0 Å². The summed E-state index contributed by atoms with van der Waals surface area (Å²) in [5.41, 5.74) is 3.49. The topological polar surface area (TPSA) is 66.5 Å². The largest absolute Gasteiger partial charge is 0.348 e. The SMILES string of the molecule is CC[C@@H](NC(=O)CN(Cc1ccccc1F)S(C)(=O)=O)c1ccc(C)c(C)c1. The lowest BCUT2D eigenvalue weighted by atomic mass is 9.99. The molecule has 5 nitrogen and oxygen atoms in total. The molecule has 0 spiro atoms. The molecule has 0 aliphatic rings. The highest BCUT2D eigenvalue weighted by Crippen LogP contribution is 2.20. The van der Waals surface area contributed by atoms with E-state index in [1.165, 1.54) is 18.2 Å². The van der Waals surface area contributed by atoms with Crippen molar-refractivity contribution in [2.75, 3.05) is 12.8 Å². The average Bonchev–Trinajstić information content (AvgIpc) is 2.62. The Labute approximate surface area is 166 Å². The average molecular weight is 407 g/mol. The molecule has 0 aliphatic heterocycles. The van der Waals surface area contributed by atoms with E-state index in [1.807, 2.05) is 39.0 Å². The highest BCUT2D eigenvalue weighted by Gasteiger charge is 2.23. The predicted molar refractivity (Wildman–Crippen MR) is 109 cm³/mol. The molecule has 0 aromatic heterocycles. The van der Waals surface area contributed by atoms with Gasteiger partial charge in [-0.3, -0.25) is 4.79 Å². The van der Waals surface area contributed by atoms with Gasteiger partial charge in [-0.05, 0) is 43.0 Å². The lowest BCUT2D eigenvalue weighted by Gasteiger charge is -2.23. The van der Waals surface area contributed by atoms with Gasteiger partial charge in [0.05, 0.1) is 18.8 Å². The molecule has 0 heterocycles. The van der Waals surface area contributed by atoms with Gasteiger partial charge in [-0.2, -0.15) is 4.31 Å². The highest BCUT2D eigenvalue weighted by molar-refractivity contribution is 7.88. The second-order valence-corrected chi connectivity index (χ2v) is 8.98. The fraction of sp³-hybridized carbons (Fsp3) is 0.381. The maximum Gasteiger partial charge on any atom is 0.235 e. The van der Waals surface area contributed by atoms with Crippen molar-refractivity contribution in [1.29, 1.82) is 0 Å². The summed E-state index contributed by atoms with van der Waals surface area (Å²) >= 11 is 0. The van der Waals surface area contributed by atoms with Crippen LogP contribution in [0.25, 0.3) is 0 Å². The van der Waals surface area contributed by atoms with Crippen molar-refractivity contribution in [1.82, 2.24) is 9.62 Å². The molecule has 2 rings (SSSR count). The van der Waals surface area contributed by atoms with Crippen LogP contribution in [0.15, 0.2) is 42.5 Å². The van der Waals surface area contributed by atoms with Crippen molar-refractivity contribution in [3.8, 4) is 0 Å². The lowest BCUT2D eigenvalue weighted by Crippen LogP contribution is -2.41. The van der Waals surface area contributed by atoms with Crippen molar-refractivity contribution in [3.63, 3.8) is 0 Å².